The van der Waals surface area contributed by atoms with Crippen LogP contribution >= 0.6 is 0 Å². The molecule has 106 valence electrons. The van der Waals surface area contributed by atoms with E-state index in [4.69, 9.17) is 4.74 Å². The number of nitrogens with one attached hydrogen (secondary N) is 1. The van der Waals surface area contributed by atoms with Crippen LogP contribution in [0.2, 0.25) is 0 Å². The monoisotopic (exact) mass is 283 g/mol. The largest absolute Gasteiger partial charge is 0.496 e. The average Bonchev–Trinajstić information content (AvgIpc) is 2.69. The fourth-order valence-corrected chi connectivity index (χ4v) is 4.28. The molecule has 1 aromatic carbocycles. The molecular formula is C14H21NO3S. The van der Waals surface area contributed by atoms with E-state index in [2.05, 4.69) is 12.2 Å². The van der Waals surface area contributed by atoms with Crippen LogP contribution in [0, 0.1) is 0 Å². The summed E-state index contributed by atoms with van der Waals surface area (Å²) in [7, 11) is -1.15. The molecule has 0 radical (unpaired) electrons. The van der Waals surface area contributed by atoms with Crippen molar-refractivity contribution in [1.29, 1.82) is 0 Å². The smallest absolute Gasteiger partial charge is 0.151 e. The van der Waals surface area contributed by atoms with Gasteiger partial charge in [0.2, 0.25) is 0 Å². The van der Waals surface area contributed by atoms with Gasteiger partial charge in [-0.15, -0.1) is 0 Å². The number of hydrogen-bond donors (Lipinski definition) is 1. The molecule has 1 fully saturated rings. The average molecular weight is 283 g/mol. The van der Waals surface area contributed by atoms with Crippen molar-refractivity contribution in [2.24, 2.45) is 0 Å². The van der Waals surface area contributed by atoms with Crippen molar-refractivity contribution in [2.45, 2.75) is 31.8 Å². The van der Waals surface area contributed by atoms with Gasteiger partial charge in [0.1, 0.15) is 5.75 Å². The van der Waals surface area contributed by atoms with Crippen LogP contribution in [0.25, 0.3) is 0 Å². The van der Waals surface area contributed by atoms with Crippen LogP contribution in [0.1, 0.15) is 18.9 Å². The molecule has 19 heavy (non-hydrogen) atoms. The molecule has 1 aromatic rings. The van der Waals surface area contributed by atoms with Crippen molar-refractivity contribution in [3.05, 3.63) is 29.8 Å². The Bertz CT molecular complexity index is 527. The van der Waals surface area contributed by atoms with Gasteiger partial charge < -0.3 is 10.1 Å². The molecule has 0 unspecified atom stereocenters. The lowest BCUT2D eigenvalue weighted by atomic mass is 10.1. The molecule has 0 aromatic heterocycles. The summed E-state index contributed by atoms with van der Waals surface area (Å²) in [6.07, 6.45) is 1.55. The van der Waals surface area contributed by atoms with E-state index in [0.717, 1.165) is 24.2 Å². The third-order valence-corrected chi connectivity index (χ3v) is 5.24. The molecule has 2 rings (SSSR count). The molecule has 0 bridgehead atoms. The normalized spacial score (nSPS) is 23.2. The molecule has 4 nitrogen and oxygen atoms in total. The summed E-state index contributed by atoms with van der Waals surface area (Å²) in [5, 5.41) is 3.40. The van der Waals surface area contributed by atoms with Gasteiger partial charge in [-0.3, -0.25) is 0 Å². The van der Waals surface area contributed by atoms with Crippen molar-refractivity contribution >= 4 is 9.84 Å². The molecule has 1 N–H and O–H groups in total. The summed E-state index contributed by atoms with van der Waals surface area (Å²) < 4.78 is 28.2. The van der Waals surface area contributed by atoms with Gasteiger partial charge in [-0.25, -0.2) is 8.42 Å². The third kappa shape index (κ3) is 3.94. The second kappa shape index (κ2) is 5.92. The van der Waals surface area contributed by atoms with Crippen molar-refractivity contribution in [3.8, 4) is 5.75 Å². The second-order valence-corrected chi connectivity index (χ2v) is 7.41. The van der Waals surface area contributed by atoms with E-state index in [1.807, 2.05) is 24.3 Å². The Hall–Kier alpha value is -1.07. The van der Waals surface area contributed by atoms with Gasteiger partial charge in [0.05, 0.1) is 18.6 Å². The Balaban J connectivity index is 1.93. The lowest BCUT2D eigenvalue weighted by molar-refractivity contribution is 0.403. The first-order chi connectivity index (χ1) is 9.00. The third-order valence-electron chi connectivity index (χ3n) is 3.47. The van der Waals surface area contributed by atoms with E-state index in [-0.39, 0.29) is 17.8 Å². The van der Waals surface area contributed by atoms with Gasteiger partial charge in [-0.05, 0) is 31.4 Å². The number of methoxy groups -OCH3 is 1. The zero-order valence-electron chi connectivity index (χ0n) is 11.4. The Labute approximate surface area is 115 Å². The van der Waals surface area contributed by atoms with E-state index in [1.54, 1.807) is 7.11 Å². The first kappa shape index (κ1) is 14.3. The minimum atomic E-state index is -2.81. The van der Waals surface area contributed by atoms with Crippen molar-refractivity contribution in [3.63, 3.8) is 0 Å². The lowest BCUT2D eigenvalue weighted by Crippen LogP contribution is -2.38. The van der Waals surface area contributed by atoms with E-state index >= 15 is 0 Å². The molecule has 5 heteroatoms. The quantitative estimate of drug-likeness (QED) is 0.887. The highest BCUT2D eigenvalue weighted by atomic mass is 32.2. The van der Waals surface area contributed by atoms with Gasteiger partial charge in [0, 0.05) is 12.1 Å². The number of ether oxygens (including phenoxy) is 1. The summed E-state index contributed by atoms with van der Waals surface area (Å²) in [5.74, 6) is 1.46. The maximum Gasteiger partial charge on any atom is 0.151 e. The lowest BCUT2D eigenvalue weighted by Gasteiger charge is -2.19. The fraction of sp³-hybridized carbons (Fsp3) is 0.571. The van der Waals surface area contributed by atoms with E-state index in [9.17, 15) is 8.42 Å². The van der Waals surface area contributed by atoms with Crippen LogP contribution in [0.15, 0.2) is 24.3 Å². The fourth-order valence-electron chi connectivity index (χ4n) is 2.59. The van der Waals surface area contributed by atoms with Crippen molar-refractivity contribution < 1.29 is 13.2 Å². The summed E-state index contributed by atoms with van der Waals surface area (Å²) in [6, 6.07) is 8.25. The van der Waals surface area contributed by atoms with Crippen LogP contribution in [0.5, 0.6) is 5.75 Å². The predicted molar refractivity (Wildman–Crippen MR) is 76.4 cm³/mol. The van der Waals surface area contributed by atoms with Gasteiger partial charge in [-0.2, -0.15) is 0 Å². The van der Waals surface area contributed by atoms with Crippen LogP contribution in [0.3, 0.4) is 0 Å². The maximum absolute atomic E-state index is 11.4. The highest BCUT2D eigenvalue weighted by Gasteiger charge is 2.28. The van der Waals surface area contributed by atoms with Gasteiger partial charge in [0.25, 0.3) is 0 Å². The number of benzene rings is 1. The molecule has 0 amide bonds. The molecule has 0 saturated carbocycles. The van der Waals surface area contributed by atoms with Gasteiger partial charge in [0.15, 0.2) is 9.84 Å². The maximum atomic E-state index is 11.4. The van der Waals surface area contributed by atoms with E-state index in [0.29, 0.717) is 5.75 Å². The van der Waals surface area contributed by atoms with Crippen LogP contribution in [-0.4, -0.2) is 39.1 Å². The summed E-state index contributed by atoms with van der Waals surface area (Å²) in [5.41, 5.74) is 1.14. The molecule has 0 spiro atoms. The van der Waals surface area contributed by atoms with Crippen LogP contribution in [-0.2, 0) is 16.3 Å². The second-order valence-electron chi connectivity index (χ2n) is 5.18. The number of sulfone groups is 1. The number of rotatable bonds is 5. The topological polar surface area (TPSA) is 55.4 Å². The predicted octanol–water partition coefficient (Wildman–Crippen LogP) is 1.40. The van der Waals surface area contributed by atoms with E-state index < -0.39 is 9.84 Å². The highest BCUT2D eigenvalue weighted by Crippen LogP contribution is 2.19. The van der Waals surface area contributed by atoms with Crippen molar-refractivity contribution in [1.82, 2.24) is 5.32 Å². The Morgan fingerprint density at radius 2 is 2.16 bits per heavy atom. The molecule has 1 saturated heterocycles. The van der Waals surface area contributed by atoms with Crippen molar-refractivity contribution in [2.75, 3.05) is 18.6 Å². The van der Waals surface area contributed by atoms with Gasteiger partial charge in [-0.1, -0.05) is 18.2 Å². The summed E-state index contributed by atoms with van der Waals surface area (Å²) in [4.78, 5) is 0. The minimum Gasteiger partial charge on any atom is -0.496 e. The Kier molecular flexibility index (Phi) is 4.47. The molecular weight excluding hydrogens is 262 g/mol. The Morgan fingerprint density at radius 1 is 1.42 bits per heavy atom. The minimum absolute atomic E-state index is 0.0923. The zero-order chi connectivity index (χ0) is 13.9. The summed E-state index contributed by atoms with van der Waals surface area (Å²) >= 11 is 0. The standard InChI is InChI=1S/C14H21NO3S/c1-11(15-13-7-8-19(16,17)10-13)9-12-5-3-4-6-14(12)18-2/h3-6,11,13,15H,7-10H2,1-2H3/t11-,13+/m0/s1. The molecule has 1 aliphatic heterocycles. The van der Waals surface area contributed by atoms with E-state index in [1.165, 1.54) is 0 Å². The molecule has 0 aliphatic carbocycles. The summed E-state index contributed by atoms with van der Waals surface area (Å²) in [6.45, 7) is 2.08. The van der Waals surface area contributed by atoms with Crippen LogP contribution in [0.4, 0.5) is 0 Å². The number of para-hydroxylation sites is 1. The SMILES string of the molecule is COc1ccccc1C[C@H](C)N[C@@H]1CCS(=O)(=O)C1. The van der Waals surface area contributed by atoms with Crippen LogP contribution < -0.4 is 10.1 Å². The zero-order valence-corrected chi connectivity index (χ0v) is 12.2. The molecule has 1 aliphatic rings. The first-order valence-corrected chi connectivity index (χ1v) is 8.40. The molecule has 2 atom stereocenters. The first-order valence-electron chi connectivity index (χ1n) is 6.58. The Morgan fingerprint density at radius 3 is 2.79 bits per heavy atom. The van der Waals surface area contributed by atoms with Gasteiger partial charge >= 0.3 is 0 Å². The molecule has 1 heterocycles. The number of hydrogen-bond acceptors (Lipinski definition) is 4. The highest BCUT2D eigenvalue weighted by molar-refractivity contribution is 7.91.